The van der Waals surface area contributed by atoms with E-state index in [1.54, 1.807) is 36.5 Å². The van der Waals surface area contributed by atoms with E-state index < -0.39 is 43.3 Å². The van der Waals surface area contributed by atoms with Crippen LogP contribution in [0.15, 0.2) is 36.0 Å². The molecule has 10 heteroatoms. The summed E-state index contributed by atoms with van der Waals surface area (Å²) in [4.78, 5) is 35.5. The van der Waals surface area contributed by atoms with Crippen LogP contribution in [0.4, 0.5) is 13.6 Å². The maximum atomic E-state index is 12.4. The fourth-order valence-electron chi connectivity index (χ4n) is 2.17. The van der Waals surface area contributed by atoms with Gasteiger partial charge in [0.25, 0.3) is 0 Å². The lowest BCUT2D eigenvalue weighted by Crippen LogP contribution is -2.53. The van der Waals surface area contributed by atoms with Crippen LogP contribution in [0.5, 0.6) is 0 Å². The summed E-state index contributed by atoms with van der Waals surface area (Å²) in [5.74, 6) is -0.899. The van der Waals surface area contributed by atoms with Crippen LogP contribution in [0, 0.1) is 5.92 Å². The molecule has 0 bridgehead atoms. The van der Waals surface area contributed by atoms with Crippen LogP contribution in [0.2, 0.25) is 0 Å². The van der Waals surface area contributed by atoms with E-state index in [1.165, 1.54) is 0 Å². The first-order chi connectivity index (χ1) is 15.5. The number of hydrogen-bond donors (Lipinski definition) is 3. The van der Waals surface area contributed by atoms with Gasteiger partial charge in [0.2, 0.25) is 5.91 Å². The summed E-state index contributed by atoms with van der Waals surface area (Å²) in [6.07, 6.45) is 7.93. The second kappa shape index (κ2) is 19.9. The highest BCUT2D eigenvalue weighted by Crippen LogP contribution is 2.05. The quantitative estimate of drug-likeness (QED) is 0.206. The van der Waals surface area contributed by atoms with Crippen LogP contribution < -0.4 is 10.6 Å². The fourth-order valence-corrected chi connectivity index (χ4v) is 2.17. The molecule has 2 atom stereocenters. The molecule has 2 amide bonds. The number of hydrogen-bond acceptors (Lipinski definition) is 5. The van der Waals surface area contributed by atoms with E-state index >= 15 is 0 Å². The number of carboxylic acid groups (broad SMARTS) is 1. The molecule has 0 saturated carbocycles. The Kier molecular flexibility index (Phi) is 19.6. The summed E-state index contributed by atoms with van der Waals surface area (Å²) in [5, 5.41) is 12.9. The summed E-state index contributed by atoms with van der Waals surface area (Å²) in [5.41, 5.74) is 0.773. The molecule has 8 nitrogen and oxygen atoms in total. The van der Waals surface area contributed by atoms with E-state index in [0.717, 1.165) is 17.9 Å². The molecule has 0 radical (unpaired) electrons. The second-order valence-corrected chi connectivity index (χ2v) is 7.49. The van der Waals surface area contributed by atoms with Gasteiger partial charge in [-0.2, -0.15) is 8.78 Å². The molecule has 0 unspecified atom stereocenters. The minimum Gasteiger partial charge on any atom is -0.465 e. The molecular weight excluding hydrogens is 438 g/mol. The van der Waals surface area contributed by atoms with Gasteiger partial charge in [-0.05, 0) is 38.2 Å². The van der Waals surface area contributed by atoms with Crippen molar-refractivity contribution >= 4 is 18.0 Å². The third-order valence-corrected chi connectivity index (χ3v) is 3.44. The monoisotopic (exact) mass is 476 g/mol. The summed E-state index contributed by atoms with van der Waals surface area (Å²) in [6.45, 7) is 7.87. The lowest BCUT2D eigenvalue weighted by molar-refractivity contribution is -0.150. The summed E-state index contributed by atoms with van der Waals surface area (Å²) < 4.78 is 33.7. The Morgan fingerprint density at radius 2 is 1.64 bits per heavy atom. The predicted octanol–water partition coefficient (Wildman–Crippen LogP) is 4.43. The number of nitrogens with one attached hydrogen (secondary N) is 2. The van der Waals surface area contributed by atoms with Gasteiger partial charge < -0.3 is 25.2 Å². The van der Waals surface area contributed by atoms with Crippen molar-refractivity contribution in [3.63, 3.8) is 0 Å². The molecule has 0 spiro atoms. The van der Waals surface area contributed by atoms with Crippen molar-refractivity contribution < 1.29 is 37.7 Å². The Balaban J connectivity index is 0. The summed E-state index contributed by atoms with van der Waals surface area (Å²) in [7, 11) is 0. The first-order valence-electron chi connectivity index (χ1n) is 10.8. The number of rotatable bonds is 13. The average molecular weight is 477 g/mol. The van der Waals surface area contributed by atoms with Crippen LogP contribution >= 0.6 is 0 Å². The Hall–Kier alpha value is -2.75. The zero-order valence-electron chi connectivity index (χ0n) is 20.3. The molecule has 0 aromatic carbocycles. The molecule has 0 heterocycles. The molecule has 0 aromatic heterocycles. The van der Waals surface area contributed by atoms with Crippen molar-refractivity contribution in [3.8, 4) is 0 Å². The van der Waals surface area contributed by atoms with Crippen molar-refractivity contribution in [1.82, 2.24) is 10.6 Å². The SMILES string of the molecule is C/C=C\C(=C/CC)COC(=O)[C@H](C/C=C/C)NC(=O)[C@H](COC(F)F)NC(=O)O.CC(C)C. The molecule has 3 N–H and O–H groups in total. The van der Waals surface area contributed by atoms with Gasteiger partial charge in [-0.25, -0.2) is 9.59 Å². The Labute approximate surface area is 195 Å². The maximum absolute atomic E-state index is 12.4. The molecule has 0 saturated heterocycles. The lowest BCUT2D eigenvalue weighted by Gasteiger charge is -2.21. The van der Waals surface area contributed by atoms with Crippen molar-refractivity contribution in [1.29, 1.82) is 0 Å². The van der Waals surface area contributed by atoms with Gasteiger partial charge in [-0.1, -0.05) is 58.1 Å². The number of halogens is 2. The first-order valence-corrected chi connectivity index (χ1v) is 10.8. The smallest absolute Gasteiger partial charge is 0.405 e. The van der Waals surface area contributed by atoms with E-state index in [9.17, 15) is 23.2 Å². The minimum absolute atomic E-state index is 0.00940. The number of ether oxygens (including phenoxy) is 2. The topological polar surface area (TPSA) is 114 Å². The molecule has 0 aliphatic heterocycles. The van der Waals surface area contributed by atoms with Gasteiger partial charge in [0.1, 0.15) is 18.7 Å². The highest BCUT2D eigenvalue weighted by molar-refractivity contribution is 5.89. The Bertz CT molecular complexity index is 661. The van der Waals surface area contributed by atoms with Gasteiger partial charge in [0, 0.05) is 0 Å². The lowest BCUT2D eigenvalue weighted by atomic mass is 10.1. The summed E-state index contributed by atoms with van der Waals surface area (Å²) >= 11 is 0. The van der Waals surface area contributed by atoms with Crippen LogP contribution in [-0.2, 0) is 19.1 Å². The molecule has 0 rings (SSSR count). The molecule has 0 aliphatic carbocycles. The van der Waals surface area contributed by atoms with Gasteiger partial charge >= 0.3 is 18.7 Å². The highest BCUT2D eigenvalue weighted by Gasteiger charge is 2.28. The Morgan fingerprint density at radius 1 is 1.03 bits per heavy atom. The van der Waals surface area contributed by atoms with E-state index in [-0.39, 0.29) is 13.0 Å². The van der Waals surface area contributed by atoms with Crippen molar-refractivity contribution in [2.75, 3.05) is 13.2 Å². The van der Waals surface area contributed by atoms with Crippen LogP contribution in [0.25, 0.3) is 0 Å². The zero-order chi connectivity index (χ0) is 25.8. The van der Waals surface area contributed by atoms with Gasteiger partial charge in [0.15, 0.2) is 0 Å². The molecule has 0 fully saturated rings. The molecule has 0 aromatic rings. The third-order valence-electron chi connectivity index (χ3n) is 3.44. The van der Waals surface area contributed by atoms with E-state index in [0.29, 0.717) is 0 Å². The normalized spacial score (nSPS) is 13.6. The van der Waals surface area contributed by atoms with Gasteiger partial charge in [0.05, 0.1) is 6.61 Å². The van der Waals surface area contributed by atoms with E-state index in [1.807, 2.05) is 19.9 Å². The van der Waals surface area contributed by atoms with Crippen molar-refractivity contribution in [2.24, 2.45) is 5.92 Å². The Morgan fingerprint density at radius 3 is 2.09 bits per heavy atom. The standard InChI is InChI=1S/C19H28F2N2O6.C4H10/c1-4-7-10-14(17(25)28-11-13(8-5-2)9-6-3)22-16(24)15(23-19(26)27)12-29-18(20)21;1-4(2)3/h4-5,7-9,14-15,18,23H,6,10-12H2,1-3H3,(H,22,24)(H,26,27);4H,1-3H3/b7-4+,8-5-,13-9+;/t14-,15-;/m0./s1. The van der Waals surface area contributed by atoms with Crippen molar-refractivity contribution in [3.05, 3.63) is 36.0 Å². The maximum Gasteiger partial charge on any atom is 0.405 e. The van der Waals surface area contributed by atoms with Gasteiger partial charge in [-0.15, -0.1) is 0 Å². The van der Waals surface area contributed by atoms with E-state index in [4.69, 9.17) is 9.84 Å². The minimum atomic E-state index is -3.18. The number of carbonyl (C=O) groups excluding carboxylic acids is 2. The highest BCUT2D eigenvalue weighted by atomic mass is 19.3. The largest absolute Gasteiger partial charge is 0.465 e. The van der Waals surface area contributed by atoms with Crippen molar-refractivity contribution in [2.45, 2.75) is 73.1 Å². The third kappa shape index (κ3) is 19.6. The van der Waals surface area contributed by atoms with Gasteiger partial charge in [-0.3, -0.25) is 4.79 Å². The predicted molar refractivity (Wildman–Crippen MR) is 123 cm³/mol. The number of alkyl halides is 2. The van der Waals surface area contributed by atoms with Crippen LogP contribution in [0.3, 0.4) is 0 Å². The first kappa shape index (κ1) is 32.4. The molecular formula is C23H38F2N2O6. The molecule has 33 heavy (non-hydrogen) atoms. The fraction of sp³-hybridized carbons (Fsp3) is 0.609. The van der Waals surface area contributed by atoms with E-state index in [2.05, 4.69) is 30.8 Å². The summed E-state index contributed by atoms with van der Waals surface area (Å²) in [6, 6.07) is -2.75. The van der Waals surface area contributed by atoms with Crippen LogP contribution in [0.1, 0.15) is 54.4 Å². The number of allylic oxidation sites excluding steroid dienone is 3. The molecule has 0 aliphatic rings. The van der Waals surface area contributed by atoms with Crippen LogP contribution in [-0.4, -0.2) is 55.0 Å². The zero-order valence-corrected chi connectivity index (χ0v) is 20.3. The number of amides is 2. The number of carbonyl (C=O) groups is 3. The average Bonchev–Trinajstić information content (AvgIpc) is 2.71. The second-order valence-electron chi connectivity index (χ2n) is 7.49. The molecule has 190 valence electrons. The number of esters is 1.